The van der Waals surface area contributed by atoms with Gasteiger partial charge in [0.1, 0.15) is 0 Å². The Labute approximate surface area is 164 Å². The molecule has 1 N–H and O–H groups in total. The summed E-state index contributed by atoms with van der Waals surface area (Å²) in [6, 6.07) is 13.0. The first-order chi connectivity index (χ1) is 13.5. The van der Waals surface area contributed by atoms with Gasteiger partial charge in [-0.25, -0.2) is 0 Å². The zero-order valence-corrected chi connectivity index (χ0v) is 16.0. The van der Waals surface area contributed by atoms with Crippen LogP contribution in [-0.4, -0.2) is 17.7 Å². The molecule has 3 amide bonds. The lowest BCUT2D eigenvalue weighted by molar-refractivity contribution is -0.121. The number of rotatable bonds is 4. The number of nitrogens with zero attached hydrogens (tertiary/aromatic N) is 1. The molecule has 1 fully saturated rings. The van der Waals surface area contributed by atoms with E-state index < -0.39 is 0 Å². The fourth-order valence-corrected chi connectivity index (χ4v) is 4.01. The quantitative estimate of drug-likeness (QED) is 0.827. The third kappa shape index (κ3) is 3.57. The number of fused-ring (bicyclic) bond motifs is 1. The van der Waals surface area contributed by atoms with Crippen molar-refractivity contribution in [3.8, 4) is 0 Å². The van der Waals surface area contributed by atoms with Gasteiger partial charge in [-0.1, -0.05) is 18.2 Å². The number of amides is 3. The molecule has 5 nitrogen and oxygen atoms in total. The van der Waals surface area contributed by atoms with Gasteiger partial charge < -0.3 is 5.32 Å². The number of hydrogen-bond acceptors (Lipinski definition) is 3. The Balaban J connectivity index is 1.44. The van der Waals surface area contributed by atoms with Crippen LogP contribution in [0.15, 0.2) is 42.5 Å². The van der Waals surface area contributed by atoms with E-state index in [1.807, 2.05) is 6.92 Å². The van der Waals surface area contributed by atoms with Gasteiger partial charge in [-0.2, -0.15) is 0 Å². The lowest BCUT2D eigenvalue weighted by atomic mass is 9.89. The Morgan fingerprint density at radius 3 is 2.21 bits per heavy atom. The molecule has 1 aliphatic heterocycles. The number of imide groups is 1. The number of nitrogens with one attached hydrogen (secondary N) is 1. The summed E-state index contributed by atoms with van der Waals surface area (Å²) in [5.74, 6) is -0.553. The van der Waals surface area contributed by atoms with E-state index in [0.29, 0.717) is 11.3 Å². The maximum atomic E-state index is 12.6. The highest BCUT2D eigenvalue weighted by Crippen LogP contribution is 2.26. The highest BCUT2D eigenvalue weighted by atomic mass is 16.2. The van der Waals surface area contributed by atoms with Crippen molar-refractivity contribution < 1.29 is 14.4 Å². The van der Waals surface area contributed by atoms with E-state index in [-0.39, 0.29) is 36.6 Å². The summed E-state index contributed by atoms with van der Waals surface area (Å²) in [6.07, 6.45) is 5.23. The molecule has 2 aromatic rings. The van der Waals surface area contributed by atoms with Gasteiger partial charge in [0, 0.05) is 18.4 Å². The highest BCUT2D eigenvalue weighted by molar-refractivity contribution is 6.19. The van der Waals surface area contributed by atoms with Gasteiger partial charge in [0.25, 0.3) is 5.91 Å². The summed E-state index contributed by atoms with van der Waals surface area (Å²) in [5, 5.41) is 3.04. The van der Waals surface area contributed by atoms with E-state index in [1.54, 1.807) is 24.3 Å². The number of carbonyl (C=O) groups excluding carboxylic acids is 3. The van der Waals surface area contributed by atoms with Crippen LogP contribution in [0.1, 0.15) is 65.7 Å². The number of benzene rings is 2. The summed E-state index contributed by atoms with van der Waals surface area (Å²) in [5.41, 5.74) is 4.96. The molecule has 1 atom stereocenters. The second-order valence-corrected chi connectivity index (χ2v) is 7.60. The minimum atomic E-state index is -0.191. The van der Waals surface area contributed by atoms with E-state index >= 15 is 0 Å². The van der Waals surface area contributed by atoms with Crippen molar-refractivity contribution in [1.82, 2.24) is 5.32 Å². The predicted molar refractivity (Wildman–Crippen MR) is 107 cm³/mol. The van der Waals surface area contributed by atoms with Crippen LogP contribution in [0, 0.1) is 0 Å². The van der Waals surface area contributed by atoms with Crippen molar-refractivity contribution >= 4 is 23.4 Å². The van der Waals surface area contributed by atoms with Gasteiger partial charge in [-0.15, -0.1) is 0 Å². The number of anilines is 1. The van der Waals surface area contributed by atoms with Crippen LogP contribution in [0.25, 0.3) is 0 Å². The monoisotopic (exact) mass is 376 g/mol. The standard InChI is InChI=1S/C23H24N2O3/c1-15(18-7-6-16-4-2-3-5-19(16)14-18)24-23(28)17-8-10-20(11-9-17)25-21(26)12-13-22(25)27/h6-11,14-15H,2-5,12-13H2,1H3,(H,24,28)/t15-/m1/s1. The van der Waals surface area contributed by atoms with Crippen molar-refractivity contribution in [2.24, 2.45) is 0 Å². The van der Waals surface area contributed by atoms with E-state index in [9.17, 15) is 14.4 Å². The van der Waals surface area contributed by atoms with E-state index in [2.05, 4.69) is 23.5 Å². The zero-order chi connectivity index (χ0) is 19.7. The lowest BCUT2D eigenvalue weighted by Gasteiger charge is -2.20. The fraction of sp³-hybridized carbons (Fsp3) is 0.348. The zero-order valence-electron chi connectivity index (χ0n) is 16.0. The molecule has 1 saturated heterocycles. The van der Waals surface area contributed by atoms with E-state index in [1.165, 1.54) is 28.9 Å². The van der Waals surface area contributed by atoms with Crippen molar-refractivity contribution in [3.05, 3.63) is 64.7 Å². The van der Waals surface area contributed by atoms with Crippen LogP contribution in [0.3, 0.4) is 0 Å². The molecule has 0 aromatic heterocycles. The topological polar surface area (TPSA) is 66.5 Å². The smallest absolute Gasteiger partial charge is 0.251 e. The fourth-order valence-electron chi connectivity index (χ4n) is 4.01. The highest BCUT2D eigenvalue weighted by Gasteiger charge is 2.30. The predicted octanol–water partition coefficient (Wildman–Crippen LogP) is 3.71. The summed E-state index contributed by atoms with van der Waals surface area (Å²) in [6.45, 7) is 1.98. The van der Waals surface area contributed by atoms with Crippen molar-refractivity contribution in [1.29, 1.82) is 0 Å². The van der Waals surface area contributed by atoms with Crippen LogP contribution < -0.4 is 10.2 Å². The normalized spacial score (nSPS) is 17.4. The van der Waals surface area contributed by atoms with Gasteiger partial charge in [0.05, 0.1) is 11.7 Å². The molecule has 1 heterocycles. The molecule has 0 spiro atoms. The van der Waals surface area contributed by atoms with Gasteiger partial charge in [-0.05, 0) is 73.6 Å². The van der Waals surface area contributed by atoms with Crippen LogP contribution in [-0.2, 0) is 22.4 Å². The first kappa shape index (κ1) is 18.4. The summed E-state index contributed by atoms with van der Waals surface area (Å²) in [4.78, 5) is 37.5. The second-order valence-electron chi connectivity index (χ2n) is 7.60. The Hall–Kier alpha value is -2.95. The van der Waals surface area contributed by atoms with Crippen molar-refractivity contribution in [3.63, 3.8) is 0 Å². The van der Waals surface area contributed by atoms with Crippen molar-refractivity contribution in [2.45, 2.75) is 51.5 Å². The molecule has 2 aliphatic rings. The maximum Gasteiger partial charge on any atom is 0.251 e. The van der Waals surface area contributed by atoms with Crippen LogP contribution in [0.5, 0.6) is 0 Å². The maximum absolute atomic E-state index is 12.6. The Bertz CT molecular complexity index is 917. The molecule has 0 radical (unpaired) electrons. The minimum Gasteiger partial charge on any atom is -0.346 e. The molecule has 1 aliphatic carbocycles. The number of carbonyl (C=O) groups is 3. The van der Waals surface area contributed by atoms with Crippen molar-refractivity contribution in [2.75, 3.05) is 4.90 Å². The molecule has 0 unspecified atom stereocenters. The Morgan fingerprint density at radius 1 is 0.893 bits per heavy atom. The molecule has 0 bridgehead atoms. The van der Waals surface area contributed by atoms with Gasteiger partial charge >= 0.3 is 0 Å². The van der Waals surface area contributed by atoms with Gasteiger partial charge in [0.2, 0.25) is 11.8 Å². The minimum absolute atomic E-state index is 0.0962. The molecule has 4 rings (SSSR count). The number of hydrogen-bond donors (Lipinski definition) is 1. The average molecular weight is 376 g/mol. The van der Waals surface area contributed by atoms with Gasteiger partial charge in [-0.3, -0.25) is 19.3 Å². The largest absolute Gasteiger partial charge is 0.346 e. The summed E-state index contributed by atoms with van der Waals surface area (Å²) < 4.78 is 0. The molecular weight excluding hydrogens is 352 g/mol. The third-order valence-corrected chi connectivity index (χ3v) is 5.66. The average Bonchev–Trinajstić information content (AvgIpc) is 3.05. The molecular formula is C23H24N2O3. The van der Waals surface area contributed by atoms with Crippen LogP contribution in [0.2, 0.25) is 0 Å². The first-order valence-corrected chi connectivity index (χ1v) is 9.91. The molecule has 144 valence electrons. The molecule has 5 heteroatoms. The lowest BCUT2D eigenvalue weighted by Crippen LogP contribution is -2.29. The molecule has 0 saturated carbocycles. The Kier molecular flexibility index (Phi) is 4.99. The van der Waals surface area contributed by atoms with Crippen LogP contribution >= 0.6 is 0 Å². The third-order valence-electron chi connectivity index (χ3n) is 5.66. The molecule has 28 heavy (non-hydrogen) atoms. The SMILES string of the molecule is C[C@@H](NC(=O)c1ccc(N2C(=O)CCC2=O)cc1)c1ccc2c(c1)CCCC2. The van der Waals surface area contributed by atoms with E-state index in [0.717, 1.165) is 18.4 Å². The molecule has 2 aromatic carbocycles. The van der Waals surface area contributed by atoms with Crippen LogP contribution in [0.4, 0.5) is 5.69 Å². The van der Waals surface area contributed by atoms with Gasteiger partial charge in [0.15, 0.2) is 0 Å². The first-order valence-electron chi connectivity index (χ1n) is 9.91. The second kappa shape index (κ2) is 7.58. The number of aryl methyl sites for hydroxylation is 2. The summed E-state index contributed by atoms with van der Waals surface area (Å²) >= 11 is 0. The Morgan fingerprint density at radius 2 is 1.54 bits per heavy atom. The van der Waals surface area contributed by atoms with E-state index in [4.69, 9.17) is 0 Å². The summed E-state index contributed by atoms with van der Waals surface area (Å²) in [7, 11) is 0.